The van der Waals surface area contributed by atoms with Crippen molar-refractivity contribution in [3.63, 3.8) is 0 Å². The van der Waals surface area contributed by atoms with Gasteiger partial charge < -0.3 is 29.5 Å². The Kier molecular flexibility index (Phi) is 9.64. The molecule has 4 saturated heterocycles. The molecule has 0 amide bonds. The lowest BCUT2D eigenvalue weighted by Crippen LogP contribution is -2.51. The molecule has 3 aromatic heterocycles. The molecule has 7 heterocycles. The van der Waals surface area contributed by atoms with Crippen LogP contribution in [-0.2, 0) is 6.42 Å². The molecule has 2 aromatic carbocycles. The van der Waals surface area contributed by atoms with Gasteiger partial charge in [0.25, 0.3) is 0 Å². The van der Waals surface area contributed by atoms with Gasteiger partial charge in [0.1, 0.15) is 41.0 Å². The first kappa shape index (κ1) is 35.6. The number of halogens is 2. The van der Waals surface area contributed by atoms with Crippen molar-refractivity contribution in [1.82, 2.24) is 30.3 Å². The average Bonchev–Trinajstić information content (AvgIpc) is 3.83. The Morgan fingerprint density at radius 2 is 1.71 bits per heavy atom. The van der Waals surface area contributed by atoms with Crippen LogP contribution in [0.4, 0.5) is 20.4 Å². The third-order valence-corrected chi connectivity index (χ3v) is 12.3. The Hall–Kier alpha value is -5.06. The Morgan fingerprint density at radius 1 is 0.964 bits per heavy atom. The van der Waals surface area contributed by atoms with Gasteiger partial charge in [0, 0.05) is 74.4 Å². The molecule has 2 unspecified atom stereocenters. The molecule has 11 nitrogen and oxygen atoms in total. The summed E-state index contributed by atoms with van der Waals surface area (Å²) in [5, 5.41) is 19.7. The third-order valence-electron chi connectivity index (χ3n) is 12.3. The highest BCUT2D eigenvalue weighted by atomic mass is 19.1. The number of hydrogen-bond donors (Lipinski definition) is 2. The van der Waals surface area contributed by atoms with E-state index in [2.05, 4.69) is 54.1 Å². The molecule has 4 aliphatic heterocycles. The van der Waals surface area contributed by atoms with Gasteiger partial charge in [0.2, 0.25) is 0 Å². The van der Waals surface area contributed by atoms with Crippen molar-refractivity contribution in [1.29, 1.82) is 0 Å². The molecule has 2 N–H and O–H groups in total. The van der Waals surface area contributed by atoms with E-state index in [1.54, 1.807) is 6.20 Å². The zero-order valence-electron chi connectivity index (χ0n) is 31.1. The summed E-state index contributed by atoms with van der Waals surface area (Å²) in [4.78, 5) is 21.0. The number of rotatable bonds is 9. The smallest absolute Gasteiger partial charge is 0.319 e. The Labute approximate surface area is 319 Å². The Balaban J connectivity index is 0.924. The zero-order chi connectivity index (χ0) is 37.6. The van der Waals surface area contributed by atoms with Gasteiger partial charge in [0.15, 0.2) is 11.6 Å². The maximum atomic E-state index is 16.9. The summed E-state index contributed by atoms with van der Waals surface area (Å²) >= 11 is 0. The van der Waals surface area contributed by atoms with Crippen LogP contribution in [0.3, 0.4) is 0 Å². The number of pyridine rings is 1. The molecule has 55 heavy (non-hydrogen) atoms. The number of piperazine rings is 1. The van der Waals surface area contributed by atoms with Crippen LogP contribution in [0.1, 0.15) is 56.8 Å². The number of aryl methyl sites for hydroxylation is 1. The van der Waals surface area contributed by atoms with E-state index in [0.717, 1.165) is 88.9 Å². The van der Waals surface area contributed by atoms with Crippen LogP contribution in [0, 0.1) is 35.8 Å². The van der Waals surface area contributed by atoms with E-state index in [4.69, 9.17) is 20.7 Å². The van der Waals surface area contributed by atoms with Crippen LogP contribution in [-0.4, -0.2) is 94.6 Å². The number of aromatic hydroxyl groups is 1. The summed E-state index contributed by atoms with van der Waals surface area (Å²) in [5.74, 6) is 4.86. The fourth-order valence-corrected chi connectivity index (χ4v) is 9.37. The van der Waals surface area contributed by atoms with Crippen LogP contribution in [0.25, 0.3) is 32.9 Å². The maximum absolute atomic E-state index is 16.9. The number of ether oxygens (including phenoxy) is 1. The zero-order valence-corrected chi connectivity index (χ0v) is 31.1. The predicted octanol–water partition coefficient (Wildman–Crippen LogP) is 6.31. The molecule has 13 heteroatoms. The van der Waals surface area contributed by atoms with Gasteiger partial charge in [0.05, 0.1) is 10.9 Å². The Morgan fingerprint density at radius 3 is 2.42 bits per heavy atom. The van der Waals surface area contributed by atoms with E-state index < -0.39 is 11.6 Å². The summed E-state index contributed by atoms with van der Waals surface area (Å²) in [5.41, 5.74) is 0.107. The second-order valence-electron chi connectivity index (χ2n) is 15.6. The van der Waals surface area contributed by atoms with Crippen LogP contribution < -0.4 is 19.9 Å². The van der Waals surface area contributed by atoms with Crippen molar-refractivity contribution < 1.29 is 23.1 Å². The van der Waals surface area contributed by atoms with E-state index in [1.807, 2.05) is 0 Å². The first-order chi connectivity index (χ1) is 26.8. The molecule has 0 aliphatic carbocycles. The van der Waals surface area contributed by atoms with Gasteiger partial charge in [-0.1, -0.05) is 24.1 Å². The van der Waals surface area contributed by atoms with Gasteiger partial charge in [-0.15, -0.1) is 6.42 Å². The highest BCUT2D eigenvalue weighted by molar-refractivity contribution is 6.03. The third kappa shape index (κ3) is 6.91. The number of piperidine rings is 2. The van der Waals surface area contributed by atoms with Gasteiger partial charge >= 0.3 is 6.01 Å². The summed E-state index contributed by atoms with van der Waals surface area (Å²) in [6, 6.07) is 8.38. The van der Waals surface area contributed by atoms with Gasteiger partial charge in [-0.25, -0.2) is 8.78 Å². The van der Waals surface area contributed by atoms with Crippen molar-refractivity contribution >= 4 is 33.3 Å². The second kappa shape index (κ2) is 14.9. The van der Waals surface area contributed by atoms with Crippen molar-refractivity contribution in [3.05, 3.63) is 59.5 Å². The van der Waals surface area contributed by atoms with E-state index in [9.17, 15) is 9.50 Å². The van der Waals surface area contributed by atoms with E-state index in [0.29, 0.717) is 53.1 Å². The second-order valence-corrected chi connectivity index (χ2v) is 15.6. The lowest BCUT2D eigenvalue weighted by atomic mass is 9.79. The topological polar surface area (TPSA) is 116 Å². The molecular weight excluding hydrogens is 703 g/mol. The molecule has 0 radical (unpaired) electrons. The lowest BCUT2D eigenvalue weighted by molar-refractivity contribution is 0.117. The fraction of sp³-hybridized carbons (Fsp3) is 0.476. The number of phenolic OH excluding ortho intramolecular Hbond substituents is 1. The number of phenols is 1. The van der Waals surface area contributed by atoms with Crippen LogP contribution in [0.15, 0.2) is 41.1 Å². The van der Waals surface area contributed by atoms with Crippen LogP contribution in [0.2, 0.25) is 0 Å². The van der Waals surface area contributed by atoms with E-state index in [-0.39, 0.29) is 34.1 Å². The van der Waals surface area contributed by atoms with Crippen molar-refractivity contribution in [2.24, 2.45) is 11.8 Å². The summed E-state index contributed by atoms with van der Waals surface area (Å²) in [7, 11) is 0. The highest BCUT2D eigenvalue weighted by Crippen LogP contribution is 2.40. The minimum absolute atomic E-state index is 0.0275. The monoisotopic (exact) mass is 748 g/mol. The van der Waals surface area contributed by atoms with Crippen LogP contribution >= 0.6 is 0 Å². The largest absolute Gasteiger partial charge is 0.508 e. The number of anilines is 2. The minimum Gasteiger partial charge on any atom is -0.508 e. The maximum Gasteiger partial charge on any atom is 0.319 e. The summed E-state index contributed by atoms with van der Waals surface area (Å²) in [6.45, 7) is 8.65. The molecule has 2 bridgehead atoms. The van der Waals surface area contributed by atoms with Crippen molar-refractivity contribution in [3.8, 4) is 35.4 Å². The quantitative estimate of drug-likeness (QED) is 0.165. The number of likely N-dealkylation sites (tertiary alicyclic amines) is 1. The SMILES string of the molecule is C#Cc1c(F)ccc2cc(O)cc(-c3ncc4c(N5CC6CCC(C5)N6)nc(OCCN5CCC(C6CCN(c7cc(CC)on7)CC6)CC5)nc4c3F)c12. The predicted molar refractivity (Wildman–Crippen MR) is 207 cm³/mol. The molecule has 5 aromatic rings. The van der Waals surface area contributed by atoms with E-state index in [1.165, 1.54) is 37.1 Å². The number of benzene rings is 2. The molecule has 4 fully saturated rings. The Bertz CT molecular complexity index is 2250. The number of nitrogens with zero attached hydrogens (tertiary/aromatic N) is 7. The average molecular weight is 749 g/mol. The molecule has 9 rings (SSSR count). The standard InChI is InChI=1S/C42H46F2N8O3/c1-3-31-21-36(49-55-31)51-15-11-26(12-16-51)25-9-13-50(14-10-25)17-18-54-42-47-40-34(41(48-42)52-23-28-6-7-29(24-52)46-28)22-45-39(38(40)44)33-20-30(53)19-27-5-8-35(43)32(4-2)37(27)33/h2,5,8,19-22,25-26,28-29,46,53H,3,6-7,9-18,23-24H2,1H3. The number of aromatic nitrogens is 4. The van der Waals surface area contributed by atoms with Crippen molar-refractivity contribution in [2.45, 2.75) is 64.0 Å². The molecule has 2 atom stereocenters. The first-order valence-corrected chi connectivity index (χ1v) is 19.7. The number of terminal acetylenes is 1. The van der Waals surface area contributed by atoms with Gasteiger partial charge in [-0.05, 0) is 87.0 Å². The molecule has 4 aliphatic rings. The van der Waals surface area contributed by atoms with E-state index >= 15 is 4.39 Å². The minimum atomic E-state index is -0.720. The van der Waals surface area contributed by atoms with Gasteiger partial charge in [-0.2, -0.15) is 9.97 Å². The van der Waals surface area contributed by atoms with Crippen LogP contribution in [0.5, 0.6) is 11.8 Å². The van der Waals surface area contributed by atoms with Gasteiger partial charge in [-0.3, -0.25) is 9.88 Å². The van der Waals surface area contributed by atoms with Crippen molar-refractivity contribution in [2.75, 3.05) is 62.2 Å². The fourth-order valence-electron chi connectivity index (χ4n) is 9.37. The highest BCUT2D eigenvalue weighted by Gasteiger charge is 2.35. The molecule has 286 valence electrons. The number of hydrogen-bond acceptors (Lipinski definition) is 11. The number of nitrogens with one attached hydrogen (secondary N) is 1. The first-order valence-electron chi connectivity index (χ1n) is 19.7. The summed E-state index contributed by atoms with van der Waals surface area (Å²) in [6.07, 6.45) is 15.0. The normalized spacial score (nSPS) is 21.1. The molecular formula is C42H46F2N8O3. The molecule has 0 spiro atoms. The lowest BCUT2D eigenvalue weighted by Gasteiger charge is -2.40. The summed E-state index contributed by atoms with van der Waals surface area (Å²) < 4.78 is 43.5. The molecule has 0 saturated carbocycles. The number of fused-ring (bicyclic) bond motifs is 4.